The van der Waals surface area contributed by atoms with Gasteiger partial charge in [0, 0.05) is 11.4 Å². The van der Waals surface area contributed by atoms with Crippen LogP contribution >= 0.6 is 27.7 Å². The van der Waals surface area contributed by atoms with Crippen LogP contribution in [-0.4, -0.2) is 47.3 Å². The van der Waals surface area contributed by atoms with E-state index in [1.165, 1.54) is 0 Å². The van der Waals surface area contributed by atoms with Crippen LogP contribution < -0.4 is 14.8 Å². The Morgan fingerprint density at radius 1 is 1.29 bits per heavy atom. The summed E-state index contributed by atoms with van der Waals surface area (Å²) in [4.78, 5) is 17.6. The molecule has 8 nitrogen and oxygen atoms in total. The van der Waals surface area contributed by atoms with Gasteiger partial charge in [-0.15, -0.1) is 5.10 Å². The predicted octanol–water partition coefficient (Wildman–Crippen LogP) is 4.80. The third-order valence-electron chi connectivity index (χ3n) is 4.83. The van der Waals surface area contributed by atoms with Crippen LogP contribution in [0.5, 0.6) is 11.5 Å². The summed E-state index contributed by atoms with van der Waals surface area (Å²) in [6.07, 6.45) is 2.19. The smallest absolute Gasteiger partial charge is 0.338 e. The number of anilines is 1. The van der Waals surface area contributed by atoms with Crippen LogP contribution in [0, 0.1) is 0 Å². The highest BCUT2D eigenvalue weighted by Crippen LogP contribution is 2.43. The number of carbonyl (C=O) groups excluding carboxylic acids is 1. The van der Waals surface area contributed by atoms with Crippen molar-refractivity contribution >= 4 is 39.6 Å². The first-order valence-electron chi connectivity index (χ1n) is 10.1. The zero-order valence-electron chi connectivity index (χ0n) is 18.3. The molecular weight excluding hydrogens is 484 g/mol. The van der Waals surface area contributed by atoms with E-state index in [9.17, 15) is 4.79 Å². The van der Waals surface area contributed by atoms with Gasteiger partial charge in [-0.3, -0.25) is 0 Å². The monoisotopic (exact) mass is 510 g/mol. The molecule has 2 aromatic rings. The SMILES string of the molecule is CCCCSc1nc2n(n1)C(c1cc(Br)c(OC)c(OC)c1)C(C(=O)OCC)=C(C)N2. The molecule has 3 rings (SSSR count). The number of hydrogen-bond donors (Lipinski definition) is 1. The maximum atomic E-state index is 12.9. The standard InChI is InChI=1S/C21H27BrN4O4S/c1-6-8-9-31-21-24-20-23-12(3)16(19(27)30-7-2)17(26(20)25-21)13-10-14(22)18(29-5)15(11-13)28-4/h10-11,17H,6-9H2,1-5H3,(H,23,24,25). The molecule has 1 aromatic carbocycles. The van der Waals surface area contributed by atoms with Gasteiger partial charge in [-0.1, -0.05) is 25.1 Å². The average Bonchev–Trinajstić information content (AvgIpc) is 3.14. The number of hydrogen-bond acceptors (Lipinski definition) is 8. The molecule has 168 valence electrons. The number of halogens is 1. The molecular formula is C21H27BrN4O4S. The molecule has 1 atom stereocenters. The second kappa shape index (κ2) is 10.4. The Hall–Kier alpha value is -2.20. The highest BCUT2D eigenvalue weighted by molar-refractivity contribution is 9.10. The highest BCUT2D eigenvalue weighted by Gasteiger charge is 2.36. The van der Waals surface area contributed by atoms with E-state index in [4.69, 9.17) is 19.3 Å². The Bertz CT molecular complexity index is 992. The van der Waals surface area contributed by atoms with Gasteiger partial charge in [-0.25, -0.2) is 9.48 Å². The number of methoxy groups -OCH3 is 2. The van der Waals surface area contributed by atoms with E-state index in [0.29, 0.717) is 38.3 Å². The summed E-state index contributed by atoms with van der Waals surface area (Å²) in [5.41, 5.74) is 1.95. The van der Waals surface area contributed by atoms with Crippen LogP contribution in [0.15, 0.2) is 33.0 Å². The van der Waals surface area contributed by atoms with E-state index < -0.39 is 12.0 Å². The number of benzene rings is 1. The number of nitrogens with one attached hydrogen (secondary N) is 1. The first kappa shape index (κ1) is 23.5. The molecule has 0 fully saturated rings. The fourth-order valence-electron chi connectivity index (χ4n) is 3.38. The molecule has 31 heavy (non-hydrogen) atoms. The number of thioether (sulfide) groups is 1. The molecule has 1 unspecified atom stereocenters. The maximum absolute atomic E-state index is 12.9. The minimum Gasteiger partial charge on any atom is -0.493 e. The van der Waals surface area contributed by atoms with Crippen molar-refractivity contribution in [2.45, 2.75) is 44.8 Å². The van der Waals surface area contributed by atoms with Crippen molar-refractivity contribution in [3.05, 3.63) is 33.4 Å². The minimum atomic E-state index is -0.528. The Balaban J connectivity index is 2.13. The van der Waals surface area contributed by atoms with Gasteiger partial charge < -0.3 is 19.5 Å². The number of unbranched alkanes of at least 4 members (excludes halogenated alkanes) is 1. The Kier molecular flexibility index (Phi) is 7.88. The molecule has 1 aliphatic rings. The summed E-state index contributed by atoms with van der Waals surface area (Å²) in [7, 11) is 3.16. The van der Waals surface area contributed by atoms with Crippen molar-refractivity contribution in [1.29, 1.82) is 0 Å². The average molecular weight is 511 g/mol. The lowest BCUT2D eigenvalue weighted by Gasteiger charge is -2.28. The van der Waals surface area contributed by atoms with Crippen molar-refractivity contribution < 1.29 is 19.0 Å². The number of fused-ring (bicyclic) bond motifs is 1. The summed E-state index contributed by atoms with van der Waals surface area (Å²) in [5.74, 6) is 2.24. The maximum Gasteiger partial charge on any atom is 0.338 e. The Labute approximate surface area is 194 Å². The van der Waals surface area contributed by atoms with E-state index in [-0.39, 0.29) is 6.61 Å². The number of ether oxygens (including phenoxy) is 3. The largest absolute Gasteiger partial charge is 0.493 e. The Morgan fingerprint density at radius 3 is 2.71 bits per heavy atom. The molecule has 0 saturated carbocycles. The fourth-order valence-corrected chi connectivity index (χ4v) is 4.91. The van der Waals surface area contributed by atoms with Crippen molar-refractivity contribution in [2.75, 3.05) is 31.9 Å². The third kappa shape index (κ3) is 4.85. The predicted molar refractivity (Wildman–Crippen MR) is 124 cm³/mol. The van der Waals surface area contributed by atoms with E-state index in [1.54, 1.807) is 37.6 Å². The lowest BCUT2D eigenvalue weighted by atomic mass is 9.95. The molecule has 2 heterocycles. The molecule has 10 heteroatoms. The van der Waals surface area contributed by atoms with Crippen LogP contribution in [0.2, 0.25) is 0 Å². The van der Waals surface area contributed by atoms with Gasteiger partial charge in [-0.2, -0.15) is 4.98 Å². The van der Waals surface area contributed by atoms with Gasteiger partial charge in [0.25, 0.3) is 0 Å². The molecule has 1 aromatic heterocycles. The van der Waals surface area contributed by atoms with E-state index in [0.717, 1.165) is 24.2 Å². The lowest BCUT2D eigenvalue weighted by Crippen LogP contribution is -2.29. The van der Waals surface area contributed by atoms with Crippen LogP contribution in [0.4, 0.5) is 5.95 Å². The van der Waals surface area contributed by atoms with Crippen molar-refractivity contribution in [1.82, 2.24) is 14.8 Å². The summed E-state index contributed by atoms with van der Waals surface area (Å²) < 4.78 is 18.8. The Morgan fingerprint density at radius 2 is 2.06 bits per heavy atom. The minimum absolute atomic E-state index is 0.278. The van der Waals surface area contributed by atoms with E-state index >= 15 is 0 Å². The van der Waals surface area contributed by atoms with Crippen molar-refractivity contribution in [2.24, 2.45) is 0 Å². The number of aromatic nitrogens is 3. The zero-order valence-corrected chi connectivity index (χ0v) is 20.7. The fraction of sp³-hybridized carbons (Fsp3) is 0.476. The summed E-state index contributed by atoms with van der Waals surface area (Å²) in [6.45, 7) is 6.06. The molecule has 0 aliphatic carbocycles. The van der Waals surface area contributed by atoms with Crippen LogP contribution in [0.3, 0.4) is 0 Å². The number of esters is 1. The molecule has 1 N–H and O–H groups in total. The number of carbonyl (C=O) groups is 1. The second-order valence-corrected chi connectivity index (χ2v) is 8.81. The lowest BCUT2D eigenvalue weighted by molar-refractivity contribution is -0.139. The molecule has 0 bridgehead atoms. The first-order valence-corrected chi connectivity index (χ1v) is 11.9. The number of nitrogens with zero attached hydrogens (tertiary/aromatic N) is 3. The van der Waals surface area contributed by atoms with Crippen LogP contribution in [0.25, 0.3) is 0 Å². The van der Waals surface area contributed by atoms with Gasteiger partial charge >= 0.3 is 5.97 Å². The van der Waals surface area contributed by atoms with Crippen LogP contribution in [-0.2, 0) is 9.53 Å². The number of allylic oxidation sites excluding steroid dienone is 1. The quantitative estimate of drug-likeness (QED) is 0.292. The third-order valence-corrected chi connectivity index (χ3v) is 6.34. The first-order chi connectivity index (χ1) is 14.9. The van der Waals surface area contributed by atoms with Gasteiger partial charge in [0.2, 0.25) is 11.1 Å². The molecule has 1 aliphatic heterocycles. The van der Waals surface area contributed by atoms with Crippen molar-refractivity contribution in [3.8, 4) is 11.5 Å². The molecule has 0 spiro atoms. The summed E-state index contributed by atoms with van der Waals surface area (Å²) in [5, 5.41) is 8.59. The topological polar surface area (TPSA) is 87.5 Å². The van der Waals surface area contributed by atoms with Crippen molar-refractivity contribution in [3.63, 3.8) is 0 Å². The summed E-state index contributed by atoms with van der Waals surface area (Å²) in [6, 6.07) is 3.22. The van der Waals surface area contributed by atoms with Crippen LogP contribution in [0.1, 0.15) is 45.2 Å². The highest BCUT2D eigenvalue weighted by atomic mass is 79.9. The van der Waals surface area contributed by atoms with E-state index in [2.05, 4.69) is 33.2 Å². The second-order valence-electron chi connectivity index (χ2n) is 6.89. The zero-order chi connectivity index (χ0) is 22.5. The normalized spacial score (nSPS) is 15.4. The molecule has 0 saturated heterocycles. The molecule has 0 amide bonds. The molecule has 0 radical (unpaired) electrons. The summed E-state index contributed by atoms with van der Waals surface area (Å²) >= 11 is 5.16. The van der Waals surface area contributed by atoms with E-state index in [1.807, 2.05) is 19.1 Å². The van der Waals surface area contributed by atoms with Gasteiger partial charge in [0.15, 0.2) is 11.5 Å². The van der Waals surface area contributed by atoms with Gasteiger partial charge in [0.1, 0.15) is 6.04 Å². The number of rotatable bonds is 9. The van der Waals surface area contributed by atoms with Gasteiger partial charge in [-0.05, 0) is 53.9 Å². The van der Waals surface area contributed by atoms with Gasteiger partial charge in [0.05, 0.1) is 30.9 Å².